The Hall–Kier alpha value is -1.61. The molecule has 1 unspecified atom stereocenters. The van der Waals surface area contributed by atoms with E-state index < -0.39 is 0 Å². The molecule has 0 fully saturated rings. The Balaban J connectivity index is 2.04. The van der Waals surface area contributed by atoms with Gasteiger partial charge in [0.25, 0.3) is 0 Å². The molecule has 2 rings (SSSR count). The van der Waals surface area contributed by atoms with Crippen molar-refractivity contribution in [2.24, 2.45) is 0 Å². The van der Waals surface area contributed by atoms with E-state index in [2.05, 4.69) is 6.07 Å². The Labute approximate surface area is 105 Å². The molecular weight excluding hydrogens is 230 g/mol. The van der Waals surface area contributed by atoms with E-state index in [9.17, 15) is 5.21 Å². The first-order valence-electron chi connectivity index (χ1n) is 5.63. The summed E-state index contributed by atoms with van der Waals surface area (Å²) >= 11 is 1.70. The average molecular weight is 245 g/mol. The van der Waals surface area contributed by atoms with Crippen LogP contribution < -0.4 is 0 Å². The normalized spacial score (nSPS) is 13.6. The first kappa shape index (κ1) is 11.9. The van der Waals surface area contributed by atoms with E-state index >= 15 is 0 Å². The molecule has 0 N–H and O–H groups in total. The van der Waals surface area contributed by atoms with Crippen LogP contribution in [0.15, 0.2) is 47.8 Å². The number of hydroxylamine groups is 1. The molecule has 0 aliphatic carbocycles. The predicted octanol–water partition coefficient (Wildman–Crippen LogP) is 3.31. The lowest BCUT2D eigenvalue weighted by Gasteiger charge is -2.11. The SMILES string of the molecule is CC(Cc1cccs1)/[N+]([O-])=C/c1ccccc1. The van der Waals surface area contributed by atoms with Gasteiger partial charge in [-0.05, 0) is 30.5 Å². The largest absolute Gasteiger partial charge is 0.624 e. The van der Waals surface area contributed by atoms with Gasteiger partial charge in [-0.25, -0.2) is 4.74 Å². The molecule has 2 aromatic rings. The Morgan fingerprint density at radius 2 is 2.00 bits per heavy atom. The molecule has 1 atom stereocenters. The summed E-state index contributed by atoms with van der Waals surface area (Å²) in [7, 11) is 0. The summed E-state index contributed by atoms with van der Waals surface area (Å²) in [4.78, 5) is 1.25. The highest BCUT2D eigenvalue weighted by atomic mass is 32.1. The van der Waals surface area contributed by atoms with Crippen LogP contribution in [0.2, 0.25) is 0 Å². The van der Waals surface area contributed by atoms with Crippen LogP contribution in [0.25, 0.3) is 0 Å². The first-order valence-corrected chi connectivity index (χ1v) is 6.51. The molecule has 1 aromatic carbocycles. The number of benzene rings is 1. The number of rotatable bonds is 4. The van der Waals surface area contributed by atoms with Crippen LogP contribution >= 0.6 is 11.3 Å². The van der Waals surface area contributed by atoms with Crippen molar-refractivity contribution in [1.82, 2.24) is 0 Å². The fourth-order valence-electron chi connectivity index (χ4n) is 1.62. The molecule has 3 heteroatoms. The number of hydrogen-bond donors (Lipinski definition) is 0. The van der Waals surface area contributed by atoms with Gasteiger partial charge in [-0.1, -0.05) is 24.3 Å². The molecule has 88 valence electrons. The molecule has 0 saturated heterocycles. The van der Waals surface area contributed by atoms with Crippen molar-refractivity contribution in [2.45, 2.75) is 19.4 Å². The van der Waals surface area contributed by atoms with E-state index in [1.54, 1.807) is 17.6 Å². The van der Waals surface area contributed by atoms with Crippen LogP contribution in [0, 0.1) is 5.21 Å². The molecule has 0 bridgehead atoms. The van der Waals surface area contributed by atoms with Crippen LogP contribution in [0.1, 0.15) is 17.4 Å². The molecular formula is C14H15NOS. The molecule has 1 heterocycles. The molecule has 0 spiro atoms. The molecule has 0 aliphatic rings. The third-order valence-corrected chi connectivity index (χ3v) is 3.49. The standard InChI is InChI=1S/C14H15NOS/c1-12(10-14-8-5-9-17-14)15(16)11-13-6-3-2-4-7-13/h2-9,11-12H,10H2,1H3/b15-11-. The highest BCUT2D eigenvalue weighted by Gasteiger charge is 2.10. The van der Waals surface area contributed by atoms with Crippen LogP contribution in [0.5, 0.6) is 0 Å². The molecule has 0 aliphatic heterocycles. The van der Waals surface area contributed by atoms with E-state index in [1.165, 1.54) is 4.88 Å². The van der Waals surface area contributed by atoms with E-state index in [1.807, 2.05) is 48.7 Å². The van der Waals surface area contributed by atoms with Gasteiger partial charge in [-0.2, -0.15) is 0 Å². The number of hydrogen-bond acceptors (Lipinski definition) is 2. The maximum absolute atomic E-state index is 11.9. The Morgan fingerprint density at radius 3 is 2.65 bits per heavy atom. The van der Waals surface area contributed by atoms with Crippen LogP contribution in [0.4, 0.5) is 0 Å². The summed E-state index contributed by atoms with van der Waals surface area (Å²) in [5, 5.41) is 13.9. The summed E-state index contributed by atoms with van der Waals surface area (Å²) in [6.07, 6.45) is 2.45. The first-order chi connectivity index (χ1) is 8.25. The Bertz CT molecular complexity index is 476. The lowest BCUT2D eigenvalue weighted by Crippen LogP contribution is -2.21. The topological polar surface area (TPSA) is 26.1 Å². The highest BCUT2D eigenvalue weighted by molar-refractivity contribution is 7.09. The lowest BCUT2D eigenvalue weighted by atomic mass is 10.2. The zero-order valence-corrected chi connectivity index (χ0v) is 10.6. The van der Waals surface area contributed by atoms with Gasteiger partial charge >= 0.3 is 0 Å². The van der Waals surface area contributed by atoms with Gasteiger partial charge in [-0.3, -0.25) is 0 Å². The zero-order chi connectivity index (χ0) is 12.1. The maximum Gasteiger partial charge on any atom is 0.182 e. The Morgan fingerprint density at radius 1 is 1.24 bits per heavy atom. The van der Waals surface area contributed by atoms with E-state index in [0.717, 1.165) is 16.7 Å². The van der Waals surface area contributed by atoms with Gasteiger partial charge in [0.1, 0.15) is 0 Å². The van der Waals surface area contributed by atoms with Gasteiger partial charge in [0, 0.05) is 16.9 Å². The highest BCUT2D eigenvalue weighted by Crippen LogP contribution is 2.12. The predicted molar refractivity (Wildman–Crippen MR) is 72.7 cm³/mol. The van der Waals surface area contributed by atoms with Crippen LogP contribution in [0.3, 0.4) is 0 Å². The van der Waals surface area contributed by atoms with Crippen LogP contribution in [-0.2, 0) is 6.42 Å². The minimum Gasteiger partial charge on any atom is -0.624 e. The van der Waals surface area contributed by atoms with E-state index in [0.29, 0.717) is 0 Å². The third kappa shape index (κ3) is 3.43. The second kappa shape index (κ2) is 5.64. The molecule has 1 aromatic heterocycles. The van der Waals surface area contributed by atoms with Gasteiger partial charge in [0.05, 0.1) is 0 Å². The summed E-state index contributed by atoms with van der Waals surface area (Å²) < 4.78 is 1.04. The van der Waals surface area contributed by atoms with Gasteiger partial charge in [-0.15, -0.1) is 11.3 Å². The number of thiophene rings is 1. The van der Waals surface area contributed by atoms with Gasteiger partial charge < -0.3 is 5.21 Å². The minimum absolute atomic E-state index is 0.0335. The third-order valence-electron chi connectivity index (χ3n) is 2.59. The molecule has 0 amide bonds. The smallest absolute Gasteiger partial charge is 0.182 e. The lowest BCUT2D eigenvalue weighted by molar-refractivity contribution is -0.491. The van der Waals surface area contributed by atoms with Gasteiger partial charge in [0.15, 0.2) is 12.3 Å². The number of nitrogens with zero attached hydrogens (tertiary/aromatic N) is 1. The summed E-state index contributed by atoms with van der Waals surface area (Å²) in [5.74, 6) is 0. The fourth-order valence-corrected chi connectivity index (χ4v) is 2.45. The van der Waals surface area contributed by atoms with E-state index in [4.69, 9.17) is 0 Å². The van der Waals surface area contributed by atoms with Crippen molar-refractivity contribution >= 4 is 17.6 Å². The quantitative estimate of drug-likeness (QED) is 0.351. The fraction of sp³-hybridized carbons (Fsp3) is 0.214. The summed E-state index contributed by atoms with van der Waals surface area (Å²) in [6.45, 7) is 1.95. The second-order valence-electron chi connectivity index (χ2n) is 4.03. The second-order valence-corrected chi connectivity index (χ2v) is 5.06. The van der Waals surface area contributed by atoms with Crippen molar-refractivity contribution in [1.29, 1.82) is 0 Å². The van der Waals surface area contributed by atoms with Crippen molar-refractivity contribution in [2.75, 3.05) is 0 Å². The zero-order valence-electron chi connectivity index (χ0n) is 9.74. The van der Waals surface area contributed by atoms with Crippen molar-refractivity contribution in [3.8, 4) is 0 Å². The molecule has 0 radical (unpaired) electrons. The van der Waals surface area contributed by atoms with E-state index in [-0.39, 0.29) is 6.04 Å². The van der Waals surface area contributed by atoms with Crippen molar-refractivity contribution in [3.05, 3.63) is 63.5 Å². The van der Waals surface area contributed by atoms with Crippen molar-refractivity contribution in [3.63, 3.8) is 0 Å². The Kier molecular flexibility index (Phi) is 3.94. The molecule has 0 saturated carbocycles. The maximum atomic E-state index is 11.9. The minimum atomic E-state index is -0.0335. The van der Waals surface area contributed by atoms with Gasteiger partial charge in [0.2, 0.25) is 0 Å². The van der Waals surface area contributed by atoms with Crippen molar-refractivity contribution < 1.29 is 4.74 Å². The van der Waals surface area contributed by atoms with Crippen LogP contribution in [-0.4, -0.2) is 17.0 Å². The molecule has 2 nitrogen and oxygen atoms in total. The summed E-state index contributed by atoms with van der Waals surface area (Å²) in [6, 6.07) is 13.7. The summed E-state index contributed by atoms with van der Waals surface area (Å²) in [5.41, 5.74) is 0.945. The monoisotopic (exact) mass is 245 g/mol. The molecule has 17 heavy (non-hydrogen) atoms. The average Bonchev–Trinajstić information content (AvgIpc) is 2.83.